The van der Waals surface area contributed by atoms with Crippen LogP contribution in [0, 0.1) is 19.7 Å². The average molecular weight is 484 g/mol. The SMILES string of the molecule is Cc1nc2nc(SCC(=O)N[C@@H](C)c3ccccc3)nn2c(C)c1Cc1c(F)cccc1Cl. The summed E-state index contributed by atoms with van der Waals surface area (Å²) in [7, 11) is 0. The van der Waals surface area contributed by atoms with Crippen molar-refractivity contribution < 1.29 is 9.18 Å². The van der Waals surface area contributed by atoms with Gasteiger partial charge in [0.05, 0.1) is 11.8 Å². The molecule has 1 amide bonds. The van der Waals surface area contributed by atoms with Crippen LogP contribution in [0.2, 0.25) is 5.02 Å². The summed E-state index contributed by atoms with van der Waals surface area (Å²) in [5.74, 6) is 0.163. The van der Waals surface area contributed by atoms with Gasteiger partial charge in [0.15, 0.2) is 0 Å². The molecule has 2 aromatic carbocycles. The van der Waals surface area contributed by atoms with Gasteiger partial charge in [0.1, 0.15) is 5.82 Å². The van der Waals surface area contributed by atoms with Crippen LogP contribution in [0.1, 0.15) is 41.0 Å². The molecule has 9 heteroatoms. The predicted molar refractivity (Wildman–Crippen MR) is 128 cm³/mol. The van der Waals surface area contributed by atoms with E-state index in [1.165, 1.54) is 17.8 Å². The molecule has 1 atom stereocenters. The molecule has 0 fully saturated rings. The monoisotopic (exact) mass is 483 g/mol. The van der Waals surface area contributed by atoms with Crippen molar-refractivity contribution in [2.45, 2.75) is 38.4 Å². The highest BCUT2D eigenvalue weighted by Gasteiger charge is 2.18. The summed E-state index contributed by atoms with van der Waals surface area (Å²) < 4.78 is 15.9. The molecule has 0 aliphatic heterocycles. The Labute approximate surface area is 200 Å². The van der Waals surface area contributed by atoms with Gasteiger partial charge in [0, 0.05) is 28.4 Å². The molecule has 0 aliphatic carbocycles. The zero-order chi connectivity index (χ0) is 23.5. The van der Waals surface area contributed by atoms with Crippen molar-refractivity contribution in [3.63, 3.8) is 0 Å². The predicted octanol–water partition coefficient (Wildman–Crippen LogP) is 5.09. The summed E-state index contributed by atoms with van der Waals surface area (Å²) in [5, 5.41) is 8.32. The number of hydrogen-bond donors (Lipinski definition) is 1. The molecule has 0 radical (unpaired) electrons. The van der Waals surface area contributed by atoms with E-state index >= 15 is 0 Å². The Balaban J connectivity index is 1.49. The number of aromatic nitrogens is 4. The standard InChI is InChI=1S/C24H23ClFN5OS/c1-14(17-8-5-4-6-9-17)27-22(32)13-33-24-29-23-28-15(2)18(16(3)31(23)30-24)12-19-20(25)10-7-11-21(19)26/h4-11,14H,12-13H2,1-3H3,(H,27,32)/t14-/m0/s1. The Kier molecular flexibility index (Phi) is 6.95. The number of carbonyl (C=O) groups excluding carboxylic acids is 1. The van der Waals surface area contributed by atoms with E-state index in [-0.39, 0.29) is 23.5 Å². The van der Waals surface area contributed by atoms with Crippen molar-refractivity contribution >= 4 is 35.0 Å². The molecule has 6 nitrogen and oxygen atoms in total. The minimum Gasteiger partial charge on any atom is -0.349 e. The lowest BCUT2D eigenvalue weighted by Crippen LogP contribution is -2.28. The number of thioether (sulfide) groups is 1. The number of hydrogen-bond acceptors (Lipinski definition) is 5. The van der Waals surface area contributed by atoms with Crippen LogP contribution in [0.3, 0.4) is 0 Å². The first-order valence-corrected chi connectivity index (χ1v) is 11.8. The quantitative estimate of drug-likeness (QED) is 0.370. The Morgan fingerprint density at radius 2 is 1.88 bits per heavy atom. The molecule has 33 heavy (non-hydrogen) atoms. The molecule has 170 valence electrons. The molecule has 0 saturated heterocycles. The molecule has 2 heterocycles. The van der Waals surface area contributed by atoms with E-state index in [2.05, 4.69) is 20.4 Å². The number of aryl methyl sites for hydroxylation is 2. The van der Waals surface area contributed by atoms with Gasteiger partial charge in [-0.05, 0) is 44.0 Å². The summed E-state index contributed by atoms with van der Waals surface area (Å²) in [5.41, 5.74) is 3.84. The first-order chi connectivity index (χ1) is 15.8. The average Bonchev–Trinajstić information content (AvgIpc) is 3.20. The molecule has 1 N–H and O–H groups in total. The Morgan fingerprint density at radius 1 is 1.12 bits per heavy atom. The van der Waals surface area contributed by atoms with E-state index in [0.29, 0.717) is 27.9 Å². The van der Waals surface area contributed by atoms with Crippen molar-refractivity contribution in [1.82, 2.24) is 24.9 Å². The Hall–Kier alpha value is -2.97. The minimum atomic E-state index is -0.355. The molecule has 4 aromatic rings. The first kappa shape index (κ1) is 23.2. The van der Waals surface area contributed by atoms with Crippen molar-refractivity contribution in [2.24, 2.45) is 0 Å². The van der Waals surface area contributed by atoms with Crippen LogP contribution in [0.15, 0.2) is 53.7 Å². The van der Waals surface area contributed by atoms with Crippen LogP contribution in [0.25, 0.3) is 5.78 Å². The number of rotatable bonds is 7. The fraction of sp³-hybridized carbons (Fsp3) is 0.250. The van der Waals surface area contributed by atoms with Crippen molar-refractivity contribution in [1.29, 1.82) is 0 Å². The second kappa shape index (κ2) is 9.89. The fourth-order valence-corrected chi connectivity index (χ4v) is 4.48. The van der Waals surface area contributed by atoms with E-state index in [9.17, 15) is 9.18 Å². The minimum absolute atomic E-state index is 0.0901. The lowest BCUT2D eigenvalue weighted by molar-refractivity contribution is -0.119. The van der Waals surface area contributed by atoms with Crippen LogP contribution < -0.4 is 5.32 Å². The third-order valence-corrected chi connectivity index (χ3v) is 6.65. The van der Waals surface area contributed by atoms with Gasteiger partial charge >= 0.3 is 0 Å². The highest BCUT2D eigenvalue weighted by molar-refractivity contribution is 7.99. The molecule has 0 spiro atoms. The van der Waals surface area contributed by atoms with Crippen molar-refractivity contribution in [3.8, 4) is 0 Å². The second-order valence-corrected chi connectivity index (χ2v) is 9.08. The molecule has 4 rings (SSSR count). The highest BCUT2D eigenvalue weighted by atomic mass is 35.5. The van der Waals surface area contributed by atoms with Gasteiger partial charge < -0.3 is 5.32 Å². The van der Waals surface area contributed by atoms with Gasteiger partial charge in [-0.1, -0.05) is 59.8 Å². The zero-order valence-electron chi connectivity index (χ0n) is 18.5. The van der Waals surface area contributed by atoms with Crippen molar-refractivity contribution in [3.05, 3.63) is 87.4 Å². The molecular formula is C24H23ClFN5OS. The summed E-state index contributed by atoms with van der Waals surface area (Å²) >= 11 is 7.46. The number of nitrogens with zero attached hydrogens (tertiary/aromatic N) is 4. The molecule has 0 bridgehead atoms. The third kappa shape index (κ3) is 5.17. The van der Waals surface area contributed by atoms with E-state index in [1.807, 2.05) is 51.1 Å². The topological polar surface area (TPSA) is 72.2 Å². The maximum absolute atomic E-state index is 14.3. The Morgan fingerprint density at radius 3 is 2.61 bits per heavy atom. The van der Waals surface area contributed by atoms with Crippen LogP contribution >= 0.6 is 23.4 Å². The van der Waals surface area contributed by atoms with Gasteiger partial charge in [-0.25, -0.2) is 13.9 Å². The van der Waals surface area contributed by atoms with Gasteiger partial charge in [0.2, 0.25) is 11.1 Å². The third-order valence-electron chi connectivity index (χ3n) is 5.45. The van der Waals surface area contributed by atoms with Crippen LogP contribution in [-0.2, 0) is 11.2 Å². The summed E-state index contributed by atoms with van der Waals surface area (Å²) in [6.45, 7) is 5.70. The van der Waals surface area contributed by atoms with Crippen molar-refractivity contribution in [2.75, 3.05) is 5.75 Å². The molecular weight excluding hydrogens is 461 g/mol. The van der Waals surface area contributed by atoms with Gasteiger partial charge in [-0.15, -0.1) is 5.10 Å². The highest BCUT2D eigenvalue weighted by Crippen LogP contribution is 2.26. The number of amides is 1. The van der Waals surface area contributed by atoms with Gasteiger partial charge in [-0.3, -0.25) is 4.79 Å². The molecule has 0 unspecified atom stereocenters. The normalized spacial score (nSPS) is 12.2. The number of fused-ring (bicyclic) bond motifs is 1. The number of nitrogens with one attached hydrogen (secondary N) is 1. The van der Waals surface area contributed by atoms with Crippen LogP contribution in [0.5, 0.6) is 0 Å². The van der Waals surface area contributed by atoms with Gasteiger partial charge in [-0.2, -0.15) is 4.98 Å². The van der Waals surface area contributed by atoms with E-state index in [1.54, 1.807) is 16.6 Å². The molecule has 0 aliphatic rings. The lowest BCUT2D eigenvalue weighted by Gasteiger charge is -2.13. The first-order valence-electron chi connectivity index (χ1n) is 10.5. The van der Waals surface area contributed by atoms with Gasteiger partial charge in [0.25, 0.3) is 5.78 Å². The van der Waals surface area contributed by atoms with E-state index < -0.39 is 0 Å². The van der Waals surface area contributed by atoms with E-state index in [4.69, 9.17) is 11.6 Å². The number of halogens is 2. The molecule has 0 saturated carbocycles. The number of carbonyl (C=O) groups is 1. The smallest absolute Gasteiger partial charge is 0.253 e. The lowest BCUT2D eigenvalue weighted by atomic mass is 10.0. The van der Waals surface area contributed by atoms with Crippen LogP contribution in [0.4, 0.5) is 4.39 Å². The summed E-state index contributed by atoms with van der Waals surface area (Å²) in [6, 6.07) is 14.3. The van der Waals surface area contributed by atoms with E-state index in [0.717, 1.165) is 22.5 Å². The summed E-state index contributed by atoms with van der Waals surface area (Å²) in [4.78, 5) is 21.4. The maximum atomic E-state index is 14.3. The molecule has 2 aromatic heterocycles. The Bertz CT molecular complexity index is 1290. The van der Waals surface area contributed by atoms with Crippen LogP contribution in [-0.4, -0.2) is 31.2 Å². The summed E-state index contributed by atoms with van der Waals surface area (Å²) in [6.07, 6.45) is 0.300. The largest absolute Gasteiger partial charge is 0.349 e. The zero-order valence-corrected chi connectivity index (χ0v) is 20.0. The fourth-order valence-electron chi connectivity index (χ4n) is 3.62. The second-order valence-electron chi connectivity index (χ2n) is 7.73. The number of benzene rings is 2. The maximum Gasteiger partial charge on any atom is 0.253 e.